The molecule has 0 saturated carbocycles. The maximum Gasteiger partial charge on any atom is 0.265 e. The van der Waals surface area contributed by atoms with Crippen molar-refractivity contribution < 1.29 is 18.8 Å². The number of nitrogens with zero attached hydrogens (tertiary/aromatic N) is 3. The van der Waals surface area contributed by atoms with Gasteiger partial charge in [-0.2, -0.15) is 9.49 Å². The van der Waals surface area contributed by atoms with Gasteiger partial charge in [-0.15, -0.1) is 11.3 Å². The van der Waals surface area contributed by atoms with E-state index in [0.29, 0.717) is 42.1 Å². The van der Waals surface area contributed by atoms with Crippen molar-refractivity contribution in [3.05, 3.63) is 75.6 Å². The highest BCUT2D eigenvalue weighted by atomic mass is 32.1. The van der Waals surface area contributed by atoms with Crippen LogP contribution in [0.1, 0.15) is 43.8 Å². The normalized spacial score (nSPS) is 13.8. The molecule has 1 atom stereocenters. The van der Waals surface area contributed by atoms with Gasteiger partial charge in [0.1, 0.15) is 6.04 Å². The van der Waals surface area contributed by atoms with E-state index in [9.17, 15) is 18.8 Å². The first-order valence-corrected chi connectivity index (χ1v) is 12.3. The van der Waals surface area contributed by atoms with Crippen LogP contribution in [-0.4, -0.2) is 50.4 Å². The summed E-state index contributed by atoms with van der Waals surface area (Å²) in [5, 5.41) is 13.2. The van der Waals surface area contributed by atoms with E-state index in [0.717, 1.165) is 27.4 Å². The van der Waals surface area contributed by atoms with Gasteiger partial charge in [0.05, 0.1) is 16.6 Å². The fourth-order valence-corrected chi connectivity index (χ4v) is 5.25. The van der Waals surface area contributed by atoms with E-state index in [2.05, 4.69) is 25.8 Å². The number of benzene rings is 1. The number of carbonyl (C=O) groups is 3. The number of nitrogens with one attached hydrogen (secondary N) is 3. The van der Waals surface area contributed by atoms with Gasteiger partial charge in [0.25, 0.3) is 11.8 Å². The fraction of sp³-hybridized carbons (Fsp3) is 0.240. The molecule has 4 heterocycles. The Labute approximate surface area is 209 Å². The maximum atomic E-state index is 13.3. The number of aromatic nitrogens is 3. The molecule has 9 nitrogen and oxygen atoms in total. The van der Waals surface area contributed by atoms with Crippen LogP contribution in [0.25, 0.3) is 10.9 Å². The molecule has 36 heavy (non-hydrogen) atoms. The third kappa shape index (κ3) is 4.82. The number of hydrogen-bond donors (Lipinski definition) is 3. The van der Waals surface area contributed by atoms with E-state index in [1.165, 1.54) is 23.6 Å². The summed E-state index contributed by atoms with van der Waals surface area (Å²) in [5.41, 5.74) is 2.51. The summed E-state index contributed by atoms with van der Waals surface area (Å²) in [5.74, 6) is -1.50. The minimum atomic E-state index is -0.674. The molecular formula is C25H23FN6O3S. The quantitative estimate of drug-likeness (QED) is 0.346. The van der Waals surface area contributed by atoms with Crippen LogP contribution in [0, 0.1) is 5.95 Å². The van der Waals surface area contributed by atoms with Crippen LogP contribution < -0.4 is 10.6 Å². The van der Waals surface area contributed by atoms with Crippen LogP contribution in [0.15, 0.2) is 48.8 Å². The van der Waals surface area contributed by atoms with E-state index in [1.54, 1.807) is 35.4 Å². The molecule has 1 aromatic carbocycles. The van der Waals surface area contributed by atoms with Crippen molar-refractivity contribution in [3.8, 4) is 0 Å². The second-order valence-corrected chi connectivity index (χ2v) is 9.63. The van der Waals surface area contributed by atoms with E-state index in [1.807, 2.05) is 6.92 Å². The summed E-state index contributed by atoms with van der Waals surface area (Å²) >= 11 is 1.37. The van der Waals surface area contributed by atoms with Gasteiger partial charge in [0, 0.05) is 46.9 Å². The number of amides is 3. The molecule has 4 aromatic rings. The van der Waals surface area contributed by atoms with Gasteiger partial charge in [-0.25, -0.2) is 4.98 Å². The molecule has 0 bridgehead atoms. The van der Waals surface area contributed by atoms with E-state index >= 15 is 0 Å². The van der Waals surface area contributed by atoms with E-state index in [4.69, 9.17) is 0 Å². The number of hydrogen-bond acceptors (Lipinski definition) is 6. The van der Waals surface area contributed by atoms with Gasteiger partial charge in [0.2, 0.25) is 11.9 Å². The minimum Gasteiger partial charge on any atom is -0.340 e. The van der Waals surface area contributed by atoms with Gasteiger partial charge in [0.15, 0.2) is 0 Å². The lowest BCUT2D eigenvalue weighted by Crippen LogP contribution is -2.49. The van der Waals surface area contributed by atoms with Crippen molar-refractivity contribution in [1.29, 1.82) is 0 Å². The Kier molecular flexibility index (Phi) is 6.47. The van der Waals surface area contributed by atoms with Crippen LogP contribution >= 0.6 is 11.3 Å². The van der Waals surface area contributed by atoms with E-state index < -0.39 is 12.0 Å². The summed E-state index contributed by atoms with van der Waals surface area (Å²) in [6.45, 7) is 2.71. The Morgan fingerprint density at radius 2 is 2.06 bits per heavy atom. The molecule has 0 spiro atoms. The zero-order valence-electron chi connectivity index (χ0n) is 19.4. The summed E-state index contributed by atoms with van der Waals surface area (Å²) in [6.07, 6.45) is 3.99. The molecule has 3 amide bonds. The van der Waals surface area contributed by atoms with Crippen LogP contribution in [0.2, 0.25) is 0 Å². The van der Waals surface area contributed by atoms with Crippen molar-refractivity contribution in [2.45, 2.75) is 32.4 Å². The molecule has 0 radical (unpaired) electrons. The van der Waals surface area contributed by atoms with Crippen molar-refractivity contribution in [1.82, 2.24) is 25.4 Å². The SMILES string of the molecule is CC[C@@H](NC(=O)c1ccc2[nH]ncc2c1)C(=O)N1CCc2sc(C(=O)Nc3ccnc(F)c3)cc2C1. The molecule has 1 aliphatic rings. The summed E-state index contributed by atoms with van der Waals surface area (Å²) in [6, 6.07) is 8.98. The average Bonchev–Trinajstić information content (AvgIpc) is 3.52. The molecule has 0 fully saturated rings. The van der Waals surface area contributed by atoms with Gasteiger partial charge in [-0.1, -0.05) is 6.92 Å². The Balaban J connectivity index is 1.24. The molecular weight excluding hydrogens is 483 g/mol. The van der Waals surface area contributed by atoms with Crippen LogP contribution in [0.5, 0.6) is 0 Å². The molecule has 1 aliphatic heterocycles. The number of pyridine rings is 1. The number of carbonyl (C=O) groups excluding carboxylic acids is 3. The zero-order valence-corrected chi connectivity index (χ0v) is 20.2. The van der Waals surface area contributed by atoms with Crippen molar-refractivity contribution in [3.63, 3.8) is 0 Å². The maximum absolute atomic E-state index is 13.3. The number of aromatic amines is 1. The number of rotatable bonds is 6. The Morgan fingerprint density at radius 1 is 1.19 bits per heavy atom. The number of anilines is 1. The molecule has 184 valence electrons. The Morgan fingerprint density at radius 3 is 2.86 bits per heavy atom. The molecule has 3 aromatic heterocycles. The molecule has 3 N–H and O–H groups in total. The van der Waals surface area contributed by atoms with Crippen LogP contribution in [-0.2, 0) is 17.8 Å². The lowest BCUT2D eigenvalue weighted by Gasteiger charge is -2.30. The Hall–Kier alpha value is -4.12. The first-order valence-electron chi connectivity index (χ1n) is 11.5. The minimum absolute atomic E-state index is 0.162. The highest BCUT2D eigenvalue weighted by Gasteiger charge is 2.29. The standard InChI is InChI=1S/C25H23FN6O3S/c1-2-18(30-23(33)14-3-4-19-15(9-14)12-28-31-19)25(35)32-8-6-20-16(13-32)10-21(36-20)24(34)29-17-5-7-27-22(26)11-17/h3-5,7,9-12,18H,2,6,8,13H2,1H3,(H,28,31)(H,30,33)(H,27,29,34)/t18-/m1/s1. The van der Waals surface area contributed by atoms with E-state index in [-0.39, 0.29) is 17.7 Å². The first-order chi connectivity index (χ1) is 17.4. The van der Waals surface area contributed by atoms with Gasteiger partial charge >= 0.3 is 0 Å². The summed E-state index contributed by atoms with van der Waals surface area (Å²) in [7, 11) is 0. The monoisotopic (exact) mass is 506 g/mol. The third-order valence-electron chi connectivity index (χ3n) is 6.10. The van der Waals surface area contributed by atoms with Gasteiger partial charge < -0.3 is 15.5 Å². The smallest absolute Gasteiger partial charge is 0.265 e. The lowest BCUT2D eigenvalue weighted by molar-refractivity contribution is -0.134. The van der Waals surface area contributed by atoms with Gasteiger partial charge in [-0.3, -0.25) is 19.5 Å². The molecule has 11 heteroatoms. The lowest BCUT2D eigenvalue weighted by atomic mass is 10.1. The highest BCUT2D eigenvalue weighted by molar-refractivity contribution is 7.14. The van der Waals surface area contributed by atoms with Crippen LogP contribution in [0.4, 0.5) is 10.1 Å². The highest BCUT2D eigenvalue weighted by Crippen LogP contribution is 2.29. The summed E-state index contributed by atoms with van der Waals surface area (Å²) < 4.78 is 13.3. The topological polar surface area (TPSA) is 120 Å². The average molecular weight is 507 g/mol. The third-order valence-corrected chi connectivity index (χ3v) is 7.34. The number of thiophene rings is 1. The molecule has 5 rings (SSSR count). The number of H-pyrrole nitrogens is 1. The second kappa shape index (κ2) is 9.86. The number of halogens is 1. The predicted molar refractivity (Wildman–Crippen MR) is 133 cm³/mol. The van der Waals surface area contributed by atoms with Crippen molar-refractivity contribution in [2.75, 3.05) is 11.9 Å². The van der Waals surface area contributed by atoms with Crippen molar-refractivity contribution in [2.24, 2.45) is 0 Å². The second-order valence-electron chi connectivity index (χ2n) is 8.50. The Bertz CT molecular complexity index is 1470. The molecule has 0 saturated heterocycles. The molecule has 0 aliphatic carbocycles. The van der Waals surface area contributed by atoms with Crippen molar-refractivity contribution >= 4 is 45.6 Å². The predicted octanol–water partition coefficient (Wildman–Crippen LogP) is 3.50. The van der Waals surface area contributed by atoms with Crippen LogP contribution in [0.3, 0.4) is 0 Å². The summed E-state index contributed by atoms with van der Waals surface area (Å²) in [4.78, 5) is 45.5. The number of fused-ring (bicyclic) bond motifs is 2. The fourth-order valence-electron chi connectivity index (χ4n) is 4.19. The largest absolute Gasteiger partial charge is 0.340 e. The molecule has 0 unspecified atom stereocenters. The van der Waals surface area contributed by atoms with Gasteiger partial charge in [-0.05, 0) is 48.7 Å². The zero-order chi connectivity index (χ0) is 25.2. The first kappa shape index (κ1) is 23.6.